The van der Waals surface area contributed by atoms with Gasteiger partial charge in [0, 0.05) is 35.7 Å². The van der Waals surface area contributed by atoms with Gasteiger partial charge in [-0.25, -0.2) is 4.98 Å². The highest BCUT2D eigenvalue weighted by molar-refractivity contribution is 7.13. The van der Waals surface area contributed by atoms with Crippen LogP contribution in [0, 0.1) is 5.41 Å². The zero-order valence-corrected chi connectivity index (χ0v) is 16.1. The zero-order valence-electron chi connectivity index (χ0n) is 15.3. The lowest BCUT2D eigenvalue weighted by Crippen LogP contribution is -2.38. The molecular weight excluding hydrogens is 360 g/mol. The minimum absolute atomic E-state index is 0.0946. The Morgan fingerprint density at radius 2 is 2.00 bits per heavy atom. The molecule has 0 spiro atoms. The fourth-order valence-corrected chi connectivity index (χ4v) is 3.95. The number of fused-ring (bicyclic) bond motifs is 2. The molecule has 1 aromatic carbocycles. The molecule has 27 heavy (non-hydrogen) atoms. The van der Waals surface area contributed by atoms with Crippen LogP contribution >= 0.6 is 11.3 Å². The maximum atomic E-state index is 13.2. The number of nitrogens with one attached hydrogen (secondary N) is 2. The number of hydrogen-bond donors (Lipinski definition) is 2. The molecule has 3 aromatic rings. The molecule has 2 aromatic heterocycles. The van der Waals surface area contributed by atoms with E-state index in [0.29, 0.717) is 11.0 Å². The summed E-state index contributed by atoms with van der Waals surface area (Å²) >= 11 is 1.40. The fraction of sp³-hybridized carbons (Fsp3) is 0.250. The second kappa shape index (κ2) is 6.66. The molecule has 1 amide bonds. The molecule has 0 bridgehead atoms. The van der Waals surface area contributed by atoms with Crippen molar-refractivity contribution in [2.75, 3.05) is 17.7 Å². The first-order valence-electron chi connectivity index (χ1n) is 8.67. The average molecular weight is 380 g/mol. The van der Waals surface area contributed by atoms with E-state index in [0.717, 1.165) is 22.7 Å². The van der Waals surface area contributed by atoms with Crippen molar-refractivity contribution in [3.8, 4) is 11.6 Å². The van der Waals surface area contributed by atoms with Crippen molar-refractivity contribution in [3.05, 3.63) is 59.1 Å². The standard InChI is InChI=1S/C20H20N4O2S/c1-20(2,18(25)24-19-22-10-11-27-19)16-12-6-4-5-7-14(12)26-17-13(16)8-9-15(21-3)23-17/h4-11,16H,1-3H3,(H,21,23)(H,22,24,25). The number of pyridine rings is 1. The van der Waals surface area contributed by atoms with Gasteiger partial charge in [0.1, 0.15) is 11.6 Å². The molecule has 7 heteroatoms. The third-order valence-corrected chi connectivity index (χ3v) is 5.54. The normalized spacial score (nSPS) is 15.3. The summed E-state index contributed by atoms with van der Waals surface area (Å²) in [5.41, 5.74) is 1.12. The second-order valence-electron chi connectivity index (χ2n) is 6.93. The van der Waals surface area contributed by atoms with E-state index in [9.17, 15) is 4.79 Å². The molecule has 6 nitrogen and oxygen atoms in total. The van der Waals surface area contributed by atoms with Crippen LogP contribution in [-0.4, -0.2) is 22.9 Å². The summed E-state index contributed by atoms with van der Waals surface area (Å²) in [6, 6.07) is 11.7. The summed E-state index contributed by atoms with van der Waals surface area (Å²) in [6.07, 6.45) is 1.68. The largest absolute Gasteiger partial charge is 0.438 e. The Morgan fingerprint density at radius 1 is 1.19 bits per heavy atom. The van der Waals surface area contributed by atoms with Crippen LogP contribution in [0.5, 0.6) is 11.6 Å². The van der Waals surface area contributed by atoms with Crippen molar-refractivity contribution < 1.29 is 9.53 Å². The van der Waals surface area contributed by atoms with Crippen molar-refractivity contribution in [2.45, 2.75) is 19.8 Å². The first kappa shape index (κ1) is 17.5. The van der Waals surface area contributed by atoms with Gasteiger partial charge in [-0.15, -0.1) is 11.3 Å². The number of hydrogen-bond acceptors (Lipinski definition) is 6. The Balaban J connectivity index is 1.80. The van der Waals surface area contributed by atoms with Gasteiger partial charge in [-0.3, -0.25) is 4.79 Å². The molecule has 4 rings (SSSR count). The van der Waals surface area contributed by atoms with E-state index in [-0.39, 0.29) is 11.8 Å². The Hall–Kier alpha value is -2.93. The van der Waals surface area contributed by atoms with Crippen LogP contribution in [-0.2, 0) is 4.79 Å². The van der Waals surface area contributed by atoms with Crippen LogP contribution in [0.1, 0.15) is 30.9 Å². The summed E-state index contributed by atoms with van der Waals surface area (Å²) in [7, 11) is 1.81. The summed E-state index contributed by atoms with van der Waals surface area (Å²) < 4.78 is 6.04. The number of benzene rings is 1. The van der Waals surface area contributed by atoms with Crippen LogP contribution in [0.25, 0.3) is 0 Å². The zero-order chi connectivity index (χ0) is 19.0. The topological polar surface area (TPSA) is 76.1 Å². The lowest BCUT2D eigenvalue weighted by Gasteiger charge is -2.37. The van der Waals surface area contributed by atoms with E-state index in [4.69, 9.17) is 4.74 Å². The molecule has 1 atom stereocenters. The molecule has 0 aliphatic carbocycles. The van der Waals surface area contributed by atoms with Gasteiger partial charge in [-0.05, 0) is 18.2 Å². The highest BCUT2D eigenvalue weighted by Crippen LogP contribution is 2.51. The van der Waals surface area contributed by atoms with Gasteiger partial charge in [0.2, 0.25) is 11.8 Å². The molecular formula is C20H20N4O2S. The number of amides is 1. The summed E-state index contributed by atoms with van der Waals surface area (Å²) in [5.74, 6) is 1.68. The molecule has 1 aliphatic heterocycles. The first-order chi connectivity index (χ1) is 13.0. The van der Waals surface area contributed by atoms with Crippen LogP contribution in [0.3, 0.4) is 0 Å². The predicted octanol–water partition coefficient (Wildman–Crippen LogP) is 4.48. The van der Waals surface area contributed by atoms with Gasteiger partial charge >= 0.3 is 0 Å². The van der Waals surface area contributed by atoms with Crippen molar-refractivity contribution in [1.29, 1.82) is 0 Å². The van der Waals surface area contributed by atoms with Gasteiger partial charge < -0.3 is 15.4 Å². The monoisotopic (exact) mass is 380 g/mol. The molecule has 0 saturated heterocycles. The molecule has 138 valence electrons. The highest BCUT2D eigenvalue weighted by Gasteiger charge is 2.44. The van der Waals surface area contributed by atoms with Gasteiger partial charge in [-0.2, -0.15) is 4.98 Å². The van der Waals surface area contributed by atoms with Crippen molar-refractivity contribution in [2.24, 2.45) is 5.41 Å². The molecule has 0 saturated carbocycles. The quantitative estimate of drug-likeness (QED) is 0.698. The van der Waals surface area contributed by atoms with Crippen LogP contribution < -0.4 is 15.4 Å². The van der Waals surface area contributed by atoms with E-state index in [1.807, 2.05) is 62.7 Å². The van der Waals surface area contributed by atoms with E-state index < -0.39 is 5.41 Å². The lowest BCUT2D eigenvalue weighted by molar-refractivity contribution is -0.124. The minimum atomic E-state index is -0.747. The summed E-state index contributed by atoms with van der Waals surface area (Å²) in [6.45, 7) is 3.89. The van der Waals surface area contributed by atoms with Crippen molar-refractivity contribution >= 4 is 28.2 Å². The van der Waals surface area contributed by atoms with Gasteiger partial charge in [0.05, 0.1) is 5.41 Å². The molecule has 3 heterocycles. The van der Waals surface area contributed by atoms with Crippen LogP contribution in [0.4, 0.5) is 10.9 Å². The first-order valence-corrected chi connectivity index (χ1v) is 9.55. The molecule has 0 radical (unpaired) electrons. The predicted molar refractivity (Wildman–Crippen MR) is 107 cm³/mol. The average Bonchev–Trinajstić information content (AvgIpc) is 3.18. The number of rotatable bonds is 4. The highest BCUT2D eigenvalue weighted by atomic mass is 32.1. The van der Waals surface area contributed by atoms with Crippen molar-refractivity contribution in [3.63, 3.8) is 0 Å². The van der Waals surface area contributed by atoms with E-state index >= 15 is 0 Å². The van der Waals surface area contributed by atoms with E-state index in [2.05, 4.69) is 20.6 Å². The number of thiazole rings is 1. The number of ether oxygens (including phenoxy) is 1. The Labute approximate surface area is 161 Å². The maximum Gasteiger partial charge on any atom is 0.232 e. The molecule has 1 aliphatic rings. The molecule has 0 fully saturated rings. The van der Waals surface area contributed by atoms with E-state index in [1.165, 1.54) is 11.3 Å². The number of para-hydroxylation sites is 1. The fourth-order valence-electron chi connectivity index (χ4n) is 3.43. The van der Waals surface area contributed by atoms with E-state index in [1.54, 1.807) is 6.20 Å². The Kier molecular flexibility index (Phi) is 4.31. The third kappa shape index (κ3) is 3.04. The summed E-state index contributed by atoms with van der Waals surface area (Å²) in [4.78, 5) is 21.9. The molecule has 1 unspecified atom stereocenters. The number of carbonyl (C=O) groups excluding carboxylic acids is 1. The van der Waals surface area contributed by atoms with Gasteiger partial charge in [0.25, 0.3) is 0 Å². The number of carbonyl (C=O) groups is 1. The summed E-state index contributed by atoms with van der Waals surface area (Å²) in [5, 5.41) is 8.40. The Bertz CT molecular complexity index is 985. The van der Waals surface area contributed by atoms with Crippen LogP contribution in [0.2, 0.25) is 0 Å². The van der Waals surface area contributed by atoms with Crippen molar-refractivity contribution in [1.82, 2.24) is 9.97 Å². The smallest absolute Gasteiger partial charge is 0.232 e. The van der Waals surface area contributed by atoms with Crippen LogP contribution in [0.15, 0.2) is 48.0 Å². The van der Waals surface area contributed by atoms with Gasteiger partial charge in [0.15, 0.2) is 5.13 Å². The second-order valence-corrected chi connectivity index (χ2v) is 7.82. The molecule has 2 N–H and O–H groups in total. The number of nitrogens with zero attached hydrogens (tertiary/aromatic N) is 2. The Morgan fingerprint density at radius 3 is 2.74 bits per heavy atom. The number of aromatic nitrogens is 2. The third-order valence-electron chi connectivity index (χ3n) is 4.85. The number of anilines is 2. The SMILES string of the molecule is CNc1ccc2c(n1)Oc1ccccc1C2C(C)(C)C(=O)Nc1nccs1. The maximum absolute atomic E-state index is 13.2. The lowest BCUT2D eigenvalue weighted by atomic mass is 9.70. The van der Waals surface area contributed by atoms with Gasteiger partial charge in [-0.1, -0.05) is 32.0 Å². The minimum Gasteiger partial charge on any atom is -0.438 e.